The summed E-state index contributed by atoms with van der Waals surface area (Å²) >= 11 is 0. The van der Waals surface area contributed by atoms with Gasteiger partial charge in [-0.2, -0.15) is 0 Å². The maximum atomic E-state index is 2.42. The highest BCUT2D eigenvalue weighted by Gasteiger charge is 2.48. The normalized spacial score (nSPS) is 17.1. The van der Waals surface area contributed by atoms with Crippen LogP contribution in [0.2, 0.25) is 0 Å². The van der Waals surface area contributed by atoms with Gasteiger partial charge in [-0.05, 0) is 61.7 Å². The van der Waals surface area contributed by atoms with Crippen LogP contribution in [0.3, 0.4) is 0 Å². The smallest absolute Gasteiger partial charge is 0.0636 e. The fourth-order valence-corrected chi connectivity index (χ4v) is 11.4. The van der Waals surface area contributed by atoms with Gasteiger partial charge in [0.15, 0.2) is 8.07 Å². The average Bonchev–Trinajstić information content (AvgIpc) is 2.95. The molecule has 152 valence electrons. The van der Waals surface area contributed by atoms with Crippen molar-refractivity contribution in [2.45, 2.75) is 41.5 Å². The minimum Gasteiger partial charge on any atom is -0.0636 e. The van der Waals surface area contributed by atoms with E-state index in [0.717, 1.165) is 0 Å². The second-order valence-corrected chi connectivity index (χ2v) is 12.6. The molecule has 30 heavy (non-hydrogen) atoms. The molecule has 0 amide bonds. The molecule has 0 N–H and O–H groups in total. The van der Waals surface area contributed by atoms with Crippen LogP contribution >= 0.6 is 0 Å². The van der Waals surface area contributed by atoms with E-state index in [9.17, 15) is 0 Å². The fraction of sp³-hybridized carbons (Fsp3) is 0.241. The van der Waals surface area contributed by atoms with Gasteiger partial charge >= 0.3 is 0 Å². The summed E-state index contributed by atoms with van der Waals surface area (Å²) in [6, 6.07) is 29.7. The van der Waals surface area contributed by atoms with Crippen molar-refractivity contribution in [1.29, 1.82) is 0 Å². The van der Waals surface area contributed by atoms with Gasteiger partial charge in [-0.1, -0.05) is 113 Å². The van der Waals surface area contributed by atoms with Crippen LogP contribution in [-0.4, -0.2) is 8.07 Å². The second kappa shape index (κ2) is 7.89. The molecule has 3 aromatic rings. The molecule has 0 nitrogen and oxygen atoms in total. The average molecular weight is 409 g/mol. The topological polar surface area (TPSA) is 0 Å². The number of rotatable bonds is 4. The lowest BCUT2D eigenvalue weighted by Crippen LogP contribution is -2.70. The highest BCUT2D eigenvalue weighted by atomic mass is 28.3. The van der Waals surface area contributed by atoms with Crippen LogP contribution < -0.4 is 15.6 Å². The molecule has 1 aliphatic rings. The first-order chi connectivity index (χ1) is 14.4. The summed E-state index contributed by atoms with van der Waals surface area (Å²) in [4.78, 5) is 0. The van der Waals surface area contributed by atoms with Gasteiger partial charge in [0.1, 0.15) is 0 Å². The number of benzene rings is 3. The van der Waals surface area contributed by atoms with Gasteiger partial charge in [0.2, 0.25) is 0 Å². The molecular formula is C29H32Si. The van der Waals surface area contributed by atoms with E-state index in [2.05, 4.69) is 120 Å². The van der Waals surface area contributed by atoms with Gasteiger partial charge in [0, 0.05) is 0 Å². The Hall–Kier alpha value is -2.64. The number of hydrogen-bond donors (Lipinski definition) is 0. The third-order valence-electron chi connectivity index (χ3n) is 7.24. The Morgan fingerprint density at radius 1 is 0.633 bits per heavy atom. The van der Waals surface area contributed by atoms with Crippen molar-refractivity contribution in [3.8, 4) is 0 Å². The first kappa shape index (κ1) is 20.6. The molecule has 0 radical (unpaired) electrons. The maximum absolute atomic E-state index is 2.43. The summed E-state index contributed by atoms with van der Waals surface area (Å²) in [5.74, 6) is 0.456. The van der Waals surface area contributed by atoms with Crippen molar-refractivity contribution in [1.82, 2.24) is 0 Å². The van der Waals surface area contributed by atoms with Crippen molar-refractivity contribution >= 4 is 23.6 Å². The Balaban J connectivity index is 2.20. The highest BCUT2D eigenvalue weighted by Crippen LogP contribution is 2.41. The van der Waals surface area contributed by atoms with E-state index >= 15 is 0 Å². The molecule has 4 rings (SSSR count). The maximum Gasteiger partial charge on any atom is 0.176 e. The Kier molecular flexibility index (Phi) is 5.42. The molecule has 0 aromatic heterocycles. The number of allylic oxidation sites excluding steroid dienone is 4. The van der Waals surface area contributed by atoms with Crippen LogP contribution in [0, 0.1) is 19.8 Å². The molecule has 0 aliphatic heterocycles. The SMILES string of the molecule is CC1=C(C)C(C)C([Si](c2ccccc2)(c2ccccc2)c2ccc(C)cc2C)=C1C. The standard InChI is InChI=1S/C29H32Si/c1-20-17-18-28(21(2)19-20)30(26-13-9-7-10-14-26,27-15-11-8-12-16-27)29-24(5)22(3)23(4)25(29)6/h7-19,24H,1-6H3. The lowest BCUT2D eigenvalue weighted by Gasteiger charge is -2.39. The molecule has 1 heteroatoms. The van der Waals surface area contributed by atoms with E-state index in [1.807, 2.05) is 0 Å². The Morgan fingerprint density at radius 3 is 1.60 bits per heavy atom. The summed E-state index contributed by atoms with van der Waals surface area (Å²) in [6.45, 7) is 13.9. The molecule has 0 fully saturated rings. The summed E-state index contributed by atoms with van der Waals surface area (Å²) in [5.41, 5.74) is 7.24. The van der Waals surface area contributed by atoms with Crippen LogP contribution in [0.5, 0.6) is 0 Å². The molecule has 0 saturated heterocycles. The molecule has 0 heterocycles. The molecular weight excluding hydrogens is 376 g/mol. The Morgan fingerprint density at radius 2 is 1.17 bits per heavy atom. The van der Waals surface area contributed by atoms with Gasteiger partial charge in [-0.15, -0.1) is 0 Å². The summed E-state index contributed by atoms with van der Waals surface area (Å²) in [6.07, 6.45) is 0. The lowest BCUT2D eigenvalue weighted by atomic mass is 10.1. The largest absolute Gasteiger partial charge is 0.176 e. The quantitative estimate of drug-likeness (QED) is 0.388. The van der Waals surface area contributed by atoms with Crippen molar-refractivity contribution in [3.05, 3.63) is 112 Å². The van der Waals surface area contributed by atoms with E-state index in [-0.39, 0.29) is 0 Å². The molecule has 3 aromatic carbocycles. The highest BCUT2D eigenvalue weighted by molar-refractivity contribution is 7.16. The van der Waals surface area contributed by atoms with Gasteiger partial charge < -0.3 is 0 Å². The zero-order valence-electron chi connectivity index (χ0n) is 19.1. The van der Waals surface area contributed by atoms with E-state index in [1.165, 1.54) is 43.4 Å². The Bertz CT molecular complexity index is 1090. The van der Waals surface area contributed by atoms with Gasteiger partial charge in [-0.25, -0.2) is 0 Å². The lowest BCUT2D eigenvalue weighted by molar-refractivity contribution is 0.851. The summed E-state index contributed by atoms with van der Waals surface area (Å²) in [7, 11) is -2.43. The van der Waals surface area contributed by atoms with E-state index in [0.29, 0.717) is 5.92 Å². The van der Waals surface area contributed by atoms with Crippen LogP contribution in [0.1, 0.15) is 38.8 Å². The van der Waals surface area contributed by atoms with E-state index < -0.39 is 8.07 Å². The molecule has 0 bridgehead atoms. The van der Waals surface area contributed by atoms with Crippen molar-refractivity contribution in [3.63, 3.8) is 0 Å². The van der Waals surface area contributed by atoms with Crippen LogP contribution in [0.15, 0.2) is 101 Å². The summed E-state index contributed by atoms with van der Waals surface area (Å²) < 4.78 is 0. The second-order valence-electron chi connectivity index (χ2n) is 8.87. The van der Waals surface area contributed by atoms with Crippen molar-refractivity contribution in [2.75, 3.05) is 0 Å². The third kappa shape index (κ3) is 3.04. The van der Waals surface area contributed by atoms with Crippen LogP contribution in [-0.2, 0) is 0 Å². The molecule has 1 atom stereocenters. The predicted molar refractivity (Wildman–Crippen MR) is 134 cm³/mol. The minimum atomic E-state index is -2.43. The minimum absolute atomic E-state index is 0.456. The molecule has 0 saturated carbocycles. The van der Waals surface area contributed by atoms with Crippen LogP contribution in [0.4, 0.5) is 0 Å². The molecule has 1 aliphatic carbocycles. The molecule has 1 unspecified atom stereocenters. The van der Waals surface area contributed by atoms with E-state index in [1.54, 1.807) is 5.20 Å². The van der Waals surface area contributed by atoms with Gasteiger partial charge in [0.05, 0.1) is 0 Å². The monoisotopic (exact) mass is 408 g/mol. The van der Waals surface area contributed by atoms with Crippen LogP contribution in [0.25, 0.3) is 0 Å². The zero-order chi connectivity index (χ0) is 21.5. The Labute approximate surface area is 183 Å². The number of hydrogen-bond acceptors (Lipinski definition) is 0. The first-order valence-corrected chi connectivity index (χ1v) is 13.0. The first-order valence-electron chi connectivity index (χ1n) is 11.0. The fourth-order valence-electron chi connectivity index (χ4n) is 5.51. The molecule has 0 spiro atoms. The number of aryl methyl sites for hydroxylation is 2. The van der Waals surface area contributed by atoms with Gasteiger partial charge in [0.25, 0.3) is 0 Å². The van der Waals surface area contributed by atoms with E-state index in [4.69, 9.17) is 0 Å². The third-order valence-corrected chi connectivity index (χ3v) is 12.6. The zero-order valence-corrected chi connectivity index (χ0v) is 20.1. The van der Waals surface area contributed by atoms with Crippen molar-refractivity contribution < 1.29 is 0 Å². The summed E-state index contributed by atoms with van der Waals surface area (Å²) in [5, 5.41) is 6.13. The predicted octanol–water partition coefficient (Wildman–Crippen LogP) is 5.62. The van der Waals surface area contributed by atoms with Gasteiger partial charge in [-0.3, -0.25) is 0 Å². The van der Waals surface area contributed by atoms with Crippen molar-refractivity contribution in [2.24, 2.45) is 5.92 Å².